The molecule has 4 heteroatoms. The number of rotatable bonds is 6. The van der Waals surface area contributed by atoms with Gasteiger partial charge in [0.2, 0.25) is 0 Å². The first-order valence-corrected chi connectivity index (χ1v) is 5.38. The highest BCUT2D eigenvalue weighted by atomic mass is 16.5. The summed E-state index contributed by atoms with van der Waals surface area (Å²) in [6.07, 6.45) is 3.97. The molecule has 0 radical (unpaired) electrons. The zero-order valence-electron chi connectivity index (χ0n) is 10.0. The lowest BCUT2D eigenvalue weighted by atomic mass is 10.3. The maximum atomic E-state index is 5.24. The molecule has 0 saturated heterocycles. The van der Waals surface area contributed by atoms with Crippen LogP contribution < -0.4 is 5.32 Å². The van der Waals surface area contributed by atoms with Crippen LogP contribution in [0.1, 0.15) is 26.5 Å². The van der Waals surface area contributed by atoms with Crippen molar-refractivity contribution in [2.75, 3.05) is 7.11 Å². The molecular weight excluding hydrogens is 190 g/mol. The lowest BCUT2D eigenvalue weighted by Gasteiger charge is -2.14. The predicted molar refractivity (Wildman–Crippen MR) is 60.7 cm³/mol. The van der Waals surface area contributed by atoms with Gasteiger partial charge in [-0.15, -0.1) is 0 Å². The van der Waals surface area contributed by atoms with Gasteiger partial charge in [0.15, 0.2) is 0 Å². The molecule has 4 nitrogen and oxygen atoms in total. The second-order valence-electron chi connectivity index (χ2n) is 4.12. The molecule has 1 heterocycles. The number of imidazole rings is 1. The van der Waals surface area contributed by atoms with Crippen LogP contribution in [0, 0.1) is 0 Å². The van der Waals surface area contributed by atoms with Crippen LogP contribution in [0.5, 0.6) is 0 Å². The lowest BCUT2D eigenvalue weighted by Crippen LogP contribution is -2.24. The minimum absolute atomic E-state index is 0.219. The van der Waals surface area contributed by atoms with E-state index in [0.717, 1.165) is 13.1 Å². The molecule has 1 unspecified atom stereocenters. The fourth-order valence-electron chi connectivity index (χ4n) is 1.32. The molecule has 1 rings (SSSR count). The zero-order valence-corrected chi connectivity index (χ0v) is 10.0. The van der Waals surface area contributed by atoms with E-state index in [-0.39, 0.29) is 6.10 Å². The van der Waals surface area contributed by atoms with E-state index in [0.29, 0.717) is 6.04 Å². The molecule has 0 aromatic carbocycles. The van der Waals surface area contributed by atoms with Crippen LogP contribution in [0.4, 0.5) is 0 Å². The molecule has 1 aromatic rings. The Morgan fingerprint density at radius 2 is 2.20 bits per heavy atom. The molecule has 0 bridgehead atoms. The minimum Gasteiger partial charge on any atom is -0.380 e. The summed E-state index contributed by atoms with van der Waals surface area (Å²) in [6.45, 7) is 8.04. The van der Waals surface area contributed by atoms with Gasteiger partial charge >= 0.3 is 0 Å². The van der Waals surface area contributed by atoms with E-state index < -0.39 is 0 Å². The molecule has 1 N–H and O–H groups in total. The van der Waals surface area contributed by atoms with Crippen molar-refractivity contribution in [3.8, 4) is 0 Å². The molecule has 0 aliphatic carbocycles. The van der Waals surface area contributed by atoms with E-state index in [1.165, 1.54) is 5.69 Å². The number of nitrogens with one attached hydrogen (secondary N) is 1. The Bertz CT molecular complexity index is 283. The van der Waals surface area contributed by atoms with Crippen molar-refractivity contribution in [1.29, 1.82) is 0 Å². The fraction of sp³-hybridized carbons (Fsp3) is 0.727. The van der Waals surface area contributed by atoms with E-state index in [4.69, 9.17) is 4.74 Å². The zero-order chi connectivity index (χ0) is 11.3. The Labute approximate surface area is 91.7 Å². The van der Waals surface area contributed by atoms with Crippen LogP contribution in [0.15, 0.2) is 12.5 Å². The number of nitrogens with zero attached hydrogens (tertiary/aromatic N) is 2. The maximum absolute atomic E-state index is 5.24. The second-order valence-corrected chi connectivity index (χ2v) is 4.12. The van der Waals surface area contributed by atoms with Gasteiger partial charge in [0.1, 0.15) is 0 Å². The number of aromatic nitrogens is 2. The average molecular weight is 211 g/mol. The lowest BCUT2D eigenvalue weighted by molar-refractivity contribution is 0.102. The normalized spacial score (nSPS) is 13.4. The van der Waals surface area contributed by atoms with E-state index in [9.17, 15) is 0 Å². The van der Waals surface area contributed by atoms with Crippen LogP contribution in [0.25, 0.3) is 0 Å². The summed E-state index contributed by atoms with van der Waals surface area (Å²) in [5, 5.41) is 3.38. The first-order valence-electron chi connectivity index (χ1n) is 5.38. The van der Waals surface area contributed by atoms with Gasteiger partial charge in [-0.2, -0.15) is 0 Å². The Morgan fingerprint density at radius 1 is 1.47 bits per heavy atom. The topological polar surface area (TPSA) is 39.1 Å². The van der Waals surface area contributed by atoms with Crippen molar-refractivity contribution in [1.82, 2.24) is 14.9 Å². The molecule has 86 valence electrons. The first kappa shape index (κ1) is 12.2. The van der Waals surface area contributed by atoms with E-state index in [1.54, 1.807) is 7.11 Å². The van der Waals surface area contributed by atoms with Crippen LogP contribution in [0.3, 0.4) is 0 Å². The molecule has 0 aliphatic heterocycles. The summed E-state index contributed by atoms with van der Waals surface area (Å²) < 4.78 is 7.36. The maximum Gasteiger partial charge on any atom is 0.0949 e. The van der Waals surface area contributed by atoms with Crippen LogP contribution >= 0.6 is 0 Å². The minimum atomic E-state index is 0.219. The van der Waals surface area contributed by atoms with Gasteiger partial charge in [0.25, 0.3) is 0 Å². The van der Waals surface area contributed by atoms with Crippen molar-refractivity contribution in [2.24, 2.45) is 0 Å². The van der Waals surface area contributed by atoms with Gasteiger partial charge in [0.05, 0.1) is 18.1 Å². The number of hydrogen-bond donors (Lipinski definition) is 1. The molecule has 0 amide bonds. The molecule has 1 aromatic heterocycles. The monoisotopic (exact) mass is 211 g/mol. The summed E-state index contributed by atoms with van der Waals surface area (Å²) in [7, 11) is 1.73. The van der Waals surface area contributed by atoms with E-state index in [2.05, 4.69) is 35.6 Å². The summed E-state index contributed by atoms with van der Waals surface area (Å²) >= 11 is 0. The summed E-state index contributed by atoms with van der Waals surface area (Å²) in [5.41, 5.74) is 1.20. The molecule has 0 fully saturated rings. The van der Waals surface area contributed by atoms with Gasteiger partial charge in [-0.3, -0.25) is 0 Å². The molecule has 1 atom stereocenters. The quantitative estimate of drug-likeness (QED) is 0.773. The second kappa shape index (κ2) is 5.88. The van der Waals surface area contributed by atoms with Crippen molar-refractivity contribution in [3.05, 3.63) is 18.2 Å². The third-order valence-electron chi connectivity index (χ3n) is 2.35. The molecule has 0 saturated carbocycles. The highest BCUT2D eigenvalue weighted by molar-refractivity contribution is 4.98. The number of ether oxygens (including phenoxy) is 1. The standard InChI is InChI=1S/C11H21N3O/c1-9(2)13-6-11-5-12-8-14(11)7-10(3)15-4/h5,8-10,13H,6-7H2,1-4H3. The van der Waals surface area contributed by atoms with Crippen LogP contribution in [-0.4, -0.2) is 28.8 Å². The third kappa shape index (κ3) is 4.01. The molecular formula is C11H21N3O. The first-order chi connectivity index (χ1) is 7.13. The Balaban J connectivity index is 2.53. The molecule has 0 spiro atoms. The predicted octanol–water partition coefficient (Wildman–Crippen LogP) is 1.42. The van der Waals surface area contributed by atoms with E-state index in [1.807, 2.05) is 12.5 Å². The Kier molecular flexibility index (Phi) is 4.78. The highest BCUT2D eigenvalue weighted by Gasteiger charge is 2.06. The summed E-state index contributed by atoms with van der Waals surface area (Å²) in [6, 6.07) is 0.494. The van der Waals surface area contributed by atoms with Crippen molar-refractivity contribution in [3.63, 3.8) is 0 Å². The van der Waals surface area contributed by atoms with Crippen LogP contribution in [0.2, 0.25) is 0 Å². The summed E-state index contributed by atoms with van der Waals surface area (Å²) in [5.74, 6) is 0. The van der Waals surface area contributed by atoms with Crippen molar-refractivity contribution in [2.45, 2.75) is 46.0 Å². The smallest absolute Gasteiger partial charge is 0.0949 e. The number of hydrogen-bond acceptors (Lipinski definition) is 3. The van der Waals surface area contributed by atoms with Gasteiger partial charge in [-0.05, 0) is 6.92 Å². The molecule has 15 heavy (non-hydrogen) atoms. The van der Waals surface area contributed by atoms with Crippen molar-refractivity contribution >= 4 is 0 Å². The van der Waals surface area contributed by atoms with Gasteiger partial charge in [-0.25, -0.2) is 4.98 Å². The summed E-state index contributed by atoms with van der Waals surface area (Å²) in [4.78, 5) is 4.15. The molecule has 0 aliphatic rings. The Hall–Kier alpha value is -0.870. The number of methoxy groups -OCH3 is 1. The largest absolute Gasteiger partial charge is 0.380 e. The average Bonchev–Trinajstić information content (AvgIpc) is 2.62. The fourth-order valence-corrected chi connectivity index (χ4v) is 1.32. The van der Waals surface area contributed by atoms with Gasteiger partial charge < -0.3 is 14.6 Å². The van der Waals surface area contributed by atoms with Crippen molar-refractivity contribution < 1.29 is 4.74 Å². The SMILES string of the molecule is COC(C)Cn1cncc1CNC(C)C. The van der Waals surface area contributed by atoms with Gasteiger partial charge in [-0.1, -0.05) is 13.8 Å². The van der Waals surface area contributed by atoms with Crippen LogP contribution in [-0.2, 0) is 17.8 Å². The third-order valence-corrected chi connectivity index (χ3v) is 2.35. The Morgan fingerprint density at radius 3 is 2.80 bits per heavy atom. The van der Waals surface area contributed by atoms with E-state index >= 15 is 0 Å². The highest BCUT2D eigenvalue weighted by Crippen LogP contribution is 2.02. The van der Waals surface area contributed by atoms with Gasteiger partial charge in [0, 0.05) is 32.4 Å².